The number of aliphatic hydroxyl groups is 1. The predicted octanol–water partition coefficient (Wildman–Crippen LogP) is 12.6. The van der Waals surface area contributed by atoms with Crippen LogP contribution in [0.1, 0.15) is 168 Å². The number of likely N-dealkylation sites (N-methyl/N-ethyl adjacent to an activating group) is 1. The van der Waals surface area contributed by atoms with Crippen LogP contribution >= 0.6 is 7.82 Å². The Balaban J connectivity index is 0. The quantitative estimate of drug-likeness (QED) is 0.0156. The van der Waals surface area contributed by atoms with Gasteiger partial charge in [0.15, 0.2) is 6.10 Å². The van der Waals surface area contributed by atoms with Crippen LogP contribution < -0.4 is 0 Å². The lowest BCUT2D eigenvalue weighted by Gasteiger charge is -2.24. The molecule has 0 aliphatic carbocycles. The van der Waals surface area contributed by atoms with Crippen LogP contribution in [0.4, 0.5) is 0 Å². The molecule has 0 rings (SSSR count). The van der Waals surface area contributed by atoms with Crippen LogP contribution in [-0.4, -0.2) is 80.0 Å². The molecule has 2 N–H and O–H groups in total. The monoisotopic (exact) mass is 827 g/mol. The van der Waals surface area contributed by atoms with Gasteiger partial charge in [0, 0.05) is 12.8 Å². The molecule has 0 radical (unpaired) electrons. The number of unbranched alkanes of at least 4 members (excludes halogenated alkanes) is 16. The van der Waals surface area contributed by atoms with Crippen LogP contribution in [0.15, 0.2) is 61.4 Å². The van der Waals surface area contributed by atoms with E-state index >= 15 is 0 Å². The van der Waals surface area contributed by atoms with Crippen LogP contribution in [0, 0.1) is 0 Å². The summed E-state index contributed by atoms with van der Waals surface area (Å²) in [6.07, 6.45) is 42.4. The fraction of sp³-hybridized carbons (Fsp3) is 0.739. The summed E-state index contributed by atoms with van der Waals surface area (Å²) < 4.78 is 34.2. The first-order valence-corrected chi connectivity index (χ1v) is 23.5. The van der Waals surface area contributed by atoms with Gasteiger partial charge in [-0.2, -0.15) is 0 Å². The van der Waals surface area contributed by atoms with Crippen molar-refractivity contribution in [1.82, 2.24) is 0 Å². The molecular weight excluding hydrogens is 741 g/mol. The van der Waals surface area contributed by atoms with Gasteiger partial charge in [-0.1, -0.05) is 159 Å². The van der Waals surface area contributed by atoms with Gasteiger partial charge in [0.05, 0.1) is 34.0 Å². The van der Waals surface area contributed by atoms with Crippen molar-refractivity contribution in [3.05, 3.63) is 61.4 Å². The van der Waals surface area contributed by atoms with Crippen molar-refractivity contribution in [3.8, 4) is 0 Å². The molecule has 57 heavy (non-hydrogen) atoms. The number of carbonyl (C=O) groups is 2. The van der Waals surface area contributed by atoms with Gasteiger partial charge in [0.2, 0.25) is 0 Å². The maximum absolute atomic E-state index is 12.6. The van der Waals surface area contributed by atoms with Gasteiger partial charge in [-0.05, 0) is 51.4 Å². The predicted molar refractivity (Wildman–Crippen MR) is 237 cm³/mol. The molecule has 0 amide bonds. The summed E-state index contributed by atoms with van der Waals surface area (Å²) in [5.74, 6) is -0.864. The molecule has 10 nitrogen and oxygen atoms in total. The number of phosphoric ester groups is 1. The number of aliphatic hydroxyl groups excluding tert-OH is 1. The van der Waals surface area contributed by atoms with Crippen molar-refractivity contribution >= 4 is 19.8 Å². The Hall–Kier alpha value is -2.49. The largest absolute Gasteiger partial charge is 0.516 e. The highest BCUT2D eigenvalue weighted by atomic mass is 31.2. The highest BCUT2D eigenvalue weighted by Crippen LogP contribution is 2.43. The lowest BCUT2D eigenvalue weighted by Crippen LogP contribution is -2.37. The maximum atomic E-state index is 12.6. The Morgan fingerprint density at radius 3 is 1.53 bits per heavy atom. The Morgan fingerprint density at radius 1 is 0.614 bits per heavy atom. The average Bonchev–Trinajstić information content (AvgIpc) is 3.15. The molecule has 0 aromatic heterocycles. The molecule has 0 aromatic carbocycles. The summed E-state index contributed by atoms with van der Waals surface area (Å²) in [6.45, 7) is 7.24. The number of esters is 2. The molecule has 0 aliphatic heterocycles. The van der Waals surface area contributed by atoms with Crippen molar-refractivity contribution in [1.29, 1.82) is 0 Å². The highest BCUT2D eigenvalue weighted by Gasteiger charge is 2.27. The van der Waals surface area contributed by atoms with Gasteiger partial charge in [-0.15, -0.1) is 0 Å². The number of hydrogen-bond donors (Lipinski definition) is 2. The normalized spacial score (nSPS) is 13.6. The third-order valence-corrected chi connectivity index (χ3v) is 9.85. The fourth-order valence-electron chi connectivity index (χ4n) is 5.48. The maximum Gasteiger partial charge on any atom is 0.472 e. The molecule has 2 atom stereocenters. The number of quaternary nitrogens is 1. The smallest absolute Gasteiger partial charge is 0.472 e. The van der Waals surface area contributed by atoms with E-state index < -0.39 is 26.5 Å². The van der Waals surface area contributed by atoms with E-state index in [0.29, 0.717) is 23.9 Å². The van der Waals surface area contributed by atoms with E-state index in [-0.39, 0.29) is 32.0 Å². The Labute approximate surface area is 349 Å². The van der Waals surface area contributed by atoms with Crippen LogP contribution in [0.3, 0.4) is 0 Å². The minimum absolute atomic E-state index is 0.0212. The van der Waals surface area contributed by atoms with Crippen LogP contribution in [0.5, 0.6) is 0 Å². The topological polar surface area (TPSA) is 129 Å². The van der Waals surface area contributed by atoms with Crippen molar-refractivity contribution in [2.45, 2.75) is 174 Å². The van der Waals surface area contributed by atoms with Gasteiger partial charge in [-0.3, -0.25) is 18.6 Å². The lowest BCUT2D eigenvalue weighted by atomic mass is 10.0. The summed E-state index contributed by atoms with van der Waals surface area (Å²) in [6, 6.07) is 0. The number of hydrogen-bond acceptors (Lipinski definition) is 8. The minimum Gasteiger partial charge on any atom is -0.516 e. The van der Waals surface area contributed by atoms with Crippen molar-refractivity contribution in [2.24, 2.45) is 0 Å². The SMILES string of the molecule is C=CO.CCCCC/C=C\C/C=C\C/C=C\C/C=C\CCCC(=O)O[C@H](COC(=O)CCCCCCCCCCCCCCC)COP(=O)(O)OCC[N+](C)(C)C. The molecule has 0 saturated carbocycles. The Bertz CT molecular complexity index is 1110. The van der Waals surface area contributed by atoms with Gasteiger partial charge in [0.25, 0.3) is 0 Å². The number of nitrogens with zero attached hydrogens (tertiary/aromatic N) is 1. The summed E-state index contributed by atoms with van der Waals surface area (Å²) in [7, 11) is 1.44. The van der Waals surface area contributed by atoms with E-state index in [0.717, 1.165) is 44.8 Å². The molecule has 0 aromatic rings. The zero-order chi connectivity index (χ0) is 42.7. The summed E-state index contributed by atoms with van der Waals surface area (Å²) in [5, 5.41) is 7.33. The molecule has 0 saturated heterocycles. The van der Waals surface area contributed by atoms with E-state index in [4.69, 9.17) is 23.6 Å². The second kappa shape index (κ2) is 41.7. The molecule has 0 fully saturated rings. The van der Waals surface area contributed by atoms with E-state index in [2.05, 4.69) is 63.0 Å². The van der Waals surface area contributed by atoms with E-state index in [1.54, 1.807) is 0 Å². The van der Waals surface area contributed by atoms with Gasteiger partial charge >= 0.3 is 19.8 Å². The van der Waals surface area contributed by atoms with Gasteiger partial charge < -0.3 is 24.0 Å². The summed E-state index contributed by atoms with van der Waals surface area (Å²) >= 11 is 0. The Kier molecular flexibility index (Phi) is 41.4. The standard InChI is InChI=1S/C44H80NO8P.C2H4O/c1-6-8-10-12-14-16-18-20-21-22-23-25-27-29-31-33-35-37-44(47)53-42(41-52-54(48,49)51-39-38-45(3,4)5)40-50-43(46)36-34-32-30-28-26-24-19-17-15-13-11-9-7-2;1-2-3/h14,16,20-21,23,25,29,31,42H,6-13,15,17-19,22,24,26-28,30,32-41H2,1-5H3;2-3H,1H2/p+1/b16-14-,21-20-,25-23-,31-29-;/t42-;/m1./s1. The molecule has 332 valence electrons. The van der Waals surface area contributed by atoms with Gasteiger partial charge in [-0.25, -0.2) is 4.57 Å². The molecule has 0 spiro atoms. The molecule has 0 aliphatic rings. The number of carbonyl (C=O) groups excluding carboxylic acids is 2. The summed E-state index contributed by atoms with van der Waals surface area (Å²) in [5.41, 5.74) is 0. The van der Waals surface area contributed by atoms with Crippen molar-refractivity contribution in [3.63, 3.8) is 0 Å². The van der Waals surface area contributed by atoms with Crippen LogP contribution in [0.25, 0.3) is 0 Å². The lowest BCUT2D eigenvalue weighted by molar-refractivity contribution is -0.870. The first-order valence-electron chi connectivity index (χ1n) is 22.0. The van der Waals surface area contributed by atoms with Crippen LogP contribution in [-0.2, 0) is 32.7 Å². The molecular formula is C46H85NO9P+. The molecule has 0 heterocycles. The fourth-order valence-corrected chi connectivity index (χ4v) is 6.22. The van der Waals surface area contributed by atoms with Crippen molar-refractivity contribution in [2.75, 3.05) is 47.5 Å². The number of rotatable bonds is 38. The average molecular weight is 827 g/mol. The third-order valence-electron chi connectivity index (χ3n) is 8.86. The first kappa shape index (κ1) is 56.6. The molecule has 0 bridgehead atoms. The second-order valence-corrected chi connectivity index (χ2v) is 17.0. The number of allylic oxidation sites excluding steroid dienone is 8. The zero-order valence-electron chi connectivity index (χ0n) is 36.9. The second-order valence-electron chi connectivity index (χ2n) is 15.6. The number of phosphoric acid groups is 1. The summed E-state index contributed by atoms with van der Waals surface area (Å²) in [4.78, 5) is 35.3. The van der Waals surface area contributed by atoms with E-state index in [1.807, 2.05) is 27.2 Å². The van der Waals surface area contributed by atoms with Gasteiger partial charge in [0.1, 0.15) is 19.8 Å². The van der Waals surface area contributed by atoms with Crippen molar-refractivity contribution < 1.29 is 47.2 Å². The Morgan fingerprint density at radius 2 is 1.04 bits per heavy atom. The highest BCUT2D eigenvalue weighted by molar-refractivity contribution is 7.47. The van der Waals surface area contributed by atoms with E-state index in [9.17, 15) is 19.0 Å². The first-order chi connectivity index (χ1) is 27.4. The molecule has 1 unspecified atom stereocenters. The third kappa shape index (κ3) is 47.8. The van der Waals surface area contributed by atoms with E-state index in [1.165, 1.54) is 89.9 Å². The number of ether oxygens (including phenoxy) is 2. The van der Waals surface area contributed by atoms with Crippen LogP contribution in [0.2, 0.25) is 0 Å². The zero-order valence-corrected chi connectivity index (χ0v) is 37.8. The minimum atomic E-state index is -4.39. The molecule has 11 heteroatoms.